The Bertz CT molecular complexity index is 627. The maximum atomic E-state index is 12.5. The van der Waals surface area contributed by atoms with Crippen LogP contribution in [0.3, 0.4) is 0 Å². The minimum atomic E-state index is -3.81. The van der Waals surface area contributed by atoms with Gasteiger partial charge in [0, 0.05) is 19.2 Å². The summed E-state index contributed by atoms with van der Waals surface area (Å²) < 4.78 is 26.3. The van der Waals surface area contributed by atoms with Gasteiger partial charge >= 0.3 is 0 Å². The molecule has 1 aliphatic rings. The standard InChI is InChI=1S/C13H16N2O4S/c1-2-5-11-8-9-14(10-11)20(18,19)13-7-4-3-6-12(13)15(16)17/h2-4,6-7,11H,1,5,8-10H2/t11-/m1/s1. The van der Waals surface area contributed by atoms with Crippen LogP contribution in [-0.4, -0.2) is 30.7 Å². The van der Waals surface area contributed by atoms with E-state index in [9.17, 15) is 18.5 Å². The van der Waals surface area contributed by atoms with Crippen LogP contribution >= 0.6 is 0 Å². The summed E-state index contributed by atoms with van der Waals surface area (Å²) in [7, 11) is -3.81. The summed E-state index contributed by atoms with van der Waals surface area (Å²) in [5.41, 5.74) is -0.375. The molecule has 0 aromatic heterocycles. The largest absolute Gasteiger partial charge is 0.289 e. The quantitative estimate of drug-likeness (QED) is 0.474. The maximum absolute atomic E-state index is 12.5. The highest BCUT2D eigenvalue weighted by Gasteiger charge is 2.35. The maximum Gasteiger partial charge on any atom is 0.289 e. The zero-order valence-corrected chi connectivity index (χ0v) is 11.8. The topological polar surface area (TPSA) is 80.5 Å². The molecule has 20 heavy (non-hydrogen) atoms. The number of allylic oxidation sites excluding steroid dienone is 1. The Balaban J connectivity index is 2.32. The van der Waals surface area contributed by atoms with E-state index >= 15 is 0 Å². The average Bonchev–Trinajstić information content (AvgIpc) is 2.88. The first-order valence-electron chi connectivity index (χ1n) is 6.31. The third-order valence-corrected chi connectivity index (χ3v) is 5.34. The van der Waals surface area contributed by atoms with Gasteiger partial charge < -0.3 is 0 Å². The molecule has 0 bridgehead atoms. The molecular weight excluding hydrogens is 280 g/mol. The number of hydrogen-bond donors (Lipinski definition) is 0. The molecule has 0 saturated carbocycles. The van der Waals surface area contributed by atoms with E-state index in [1.165, 1.54) is 28.6 Å². The number of nitro benzene ring substituents is 1. The summed E-state index contributed by atoms with van der Waals surface area (Å²) >= 11 is 0. The van der Waals surface area contributed by atoms with Crippen LogP contribution < -0.4 is 0 Å². The molecule has 108 valence electrons. The predicted molar refractivity (Wildman–Crippen MR) is 74.8 cm³/mol. The molecule has 1 aromatic rings. The van der Waals surface area contributed by atoms with Crippen LogP contribution in [0, 0.1) is 16.0 Å². The third kappa shape index (κ3) is 2.73. The Morgan fingerprint density at radius 1 is 1.45 bits per heavy atom. The lowest BCUT2D eigenvalue weighted by Crippen LogP contribution is -2.29. The summed E-state index contributed by atoms with van der Waals surface area (Å²) in [6.45, 7) is 4.43. The molecule has 1 heterocycles. The van der Waals surface area contributed by atoms with Gasteiger partial charge in [0.15, 0.2) is 4.90 Å². The molecule has 6 nitrogen and oxygen atoms in total. The van der Waals surface area contributed by atoms with Gasteiger partial charge in [-0.05, 0) is 24.8 Å². The van der Waals surface area contributed by atoms with Gasteiger partial charge in [0.1, 0.15) is 0 Å². The van der Waals surface area contributed by atoms with E-state index < -0.39 is 14.9 Å². The number of benzene rings is 1. The lowest BCUT2D eigenvalue weighted by atomic mass is 10.1. The Morgan fingerprint density at radius 3 is 2.80 bits per heavy atom. The van der Waals surface area contributed by atoms with Crippen molar-refractivity contribution in [3.8, 4) is 0 Å². The SMILES string of the molecule is C=CC[C@@H]1CCN(S(=O)(=O)c2ccccc2[N+](=O)[O-])C1. The number of hydrogen-bond acceptors (Lipinski definition) is 4. The number of para-hydroxylation sites is 1. The second kappa shape index (κ2) is 5.72. The van der Waals surface area contributed by atoms with Gasteiger partial charge in [-0.2, -0.15) is 4.31 Å². The summed E-state index contributed by atoms with van der Waals surface area (Å²) in [4.78, 5) is 10.1. The number of nitro groups is 1. The fraction of sp³-hybridized carbons (Fsp3) is 0.385. The molecule has 7 heteroatoms. The predicted octanol–water partition coefficient (Wildman–Crippen LogP) is 2.18. The number of nitrogens with zero attached hydrogens (tertiary/aromatic N) is 2. The Hall–Kier alpha value is -1.73. The van der Waals surface area contributed by atoms with Crippen molar-refractivity contribution in [3.05, 3.63) is 47.0 Å². The monoisotopic (exact) mass is 296 g/mol. The normalized spacial score (nSPS) is 19.9. The highest BCUT2D eigenvalue weighted by atomic mass is 32.2. The van der Waals surface area contributed by atoms with E-state index in [1.807, 2.05) is 0 Å². The Labute approximate surface area is 117 Å². The molecule has 1 fully saturated rings. The summed E-state index contributed by atoms with van der Waals surface area (Å²) in [6, 6.07) is 5.46. The van der Waals surface area contributed by atoms with Crippen molar-refractivity contribution in [3.63, 3.8) is 0 Å². The van der Waals surface area contributed by atoms with Gasteiger partial charge in [0.25, 0.3) is 5.69 Å². The van der Waals surface area contributed by atoms with Crippen molar-refractivity contribution >= 4 is 15.7 Å². The van der Waals surface area contributed by atoms with Crippen LogP contribution in [0.1, 0.15) is 12.8 Å². The molecule has 2 rings (SSSR count). The molecule has 0 unspecified atom stereocenters. The minimum Gasteiger partial charge on any atom is -0.258 e. The van der Waals surface area contributed by atoms with E-state index in [1.54, 1.807) is 6.08 Å². The summed E-state index contributed by atoms with van der Waals surface area (Å²) in [6.07, 6.45) is 3.28. The molecular formula is C13H16N2O4S. The first-order chi connectivity index (χ1) is 9.46. The molecule has 0 spiro atoms. The van der Waals surface area contributed by atoms with E-state index in [0.717, 1.165) is 12.8 Å². The molecule has 0 radical (unpaired) electrons. The number of rotatable bonds is 5. The molecule has 1 aliphatic heterocycles. The van der Waals surface area contributed by atoms with Gasteiger partial charge in [-0.15, -0.1) is 6.58 Å². The van der Waals surface area contributed by atoms with Crippen molar-refractivity contribution < 1.29 is 13.3 Å². The van der Waals surface area contributed by atoms with Gasteiger partial charge in [-0.25, -0.2) is 8.42 Å². The van der Waals surface area contributed by atoms with E-state index in [-0.39, 0.29) is 16.5 Å². The minimum absolute atomic E-state index is 0.232. The van der Waals surface area contributed by atoms with Crippen molar-refractivity contribution in [1.29, 1.82) is 0 Å². The fourth-order valence-electron chi connectivity index (χ4n) is 2.41. The highest BCUT2D eigenvalue weighted by Crippen LogP contribution is 2.30. The van der Waals surface area contributed by atoms with Gasteiger partial charge in [-0.1, -0.05) is 18.2 Å². The van der Waals surface area contributed by atoms with Gasteiger partial charge in [-0.3, -0.25) is 10.1 Å². The van der Waals surface area contributed by atoms with Crippen LogP contribution in [-0.2, 0) is 10.0 Å². The van der Waals surface area contributed by atoms with Crippen molar-refractivity contribution in [2.24, 2.45) is 5.92 Å². The number of sulfonamides is 1. The smallest absolute Gasteiger partial charge is 0.258 e. The fourth-order valence-corrected chi connectivity index (χ4v) is 4.10. The second-order valence-corrected chi connectivity index (χ2v) is 6.67. The van der Waals surface area contributed by atoms with Crippen LogP contribution in [0.5, 0.6) is 0 Å². The van der Waals surface area contributed by atoms with E-state index in [4.69, 9.17) is 0 Å². The van der Waals surface area contributed by atoms with Crippen molar-refractivity contribution in [2.45, 2.75) is 17.7 Å². The molecule has 1 aromatic carbocycles. The van der Waals surface area contributed by atoms with E-state index in [0.29, 0.717) is 13.1 Å². The lowest BCUT2D eigenvalue weighted by Gasteiger charge is -2.16. The Morgan fingerprint density at radius 2 is 2.15 bits per heavy atom. The second-order valence-electron chi connectivity index (χ2n) is 4.77. The molecule has 0 N–H and O–H groups in total. The molecule has 1 atom stereocenters. The third-order valence-electron chi connectivity index (χ3n) is 3.43. The molecule has 0 aliphatic carbocycles. The van der Waals surface area contributed by atoms with Crippen LogP contribution in [0.4, 0.5) is 5.69 Å². The lowest BCUT2D eigenvalue weighted by molar-refractivity contribution is -0.387. The van der Waals surface area contributed by atoms with Crippen molar-refractivity contribution in [2.75, 3.05) is 13.1 Å². The van der Waals surface area contributed by atoms with Crippen LogP contribution in [0.15, 0.2) is 41.8 Å². The van der Waals surface area contributed by atoms with Crippen LogP contribution in [0.2, 0.25) is 0 Å². The Kier molecular flexibility index (Phi) is 4.20. The molecule has 0 amide bonds. The zero-order chi connectivity index (χ0) is 14.8. The average molecular weight is 296 g/mol. The van der Waals surface area contributed by atoms with Gasteiger partial charge in [0.2, 0.25) is 10.0 Å². The highest BCUT2D eigenvalue weighted by molar-refractivity contribution is 7.89. The summed E-state index contributed by atoms with van der Waals surface area (Å²) in [5.74, 6) is 0.241. The molecule has 1 saturated heterocycles. The van der Waals surface area contributed by atoms with Crippen LogP contribution in [0.25, 0.3) is 0 Å². The van der Waals surface area contributed by atoms with Gasteiger partial charge in [0.05, 0.1) is 4.92 Å². The first-order valence-corrected chi connectivity index (χ1v) is 7.75. The summed E-state index contributed by atoms with van der Waals surface area (Å²) in [5, 5.41) is 11.0. The first kappa shape index (κ1) is 14.7. The zero-order valence-electron chi connectivity index (χ0n) is 10.9. The van der Waals surface area contributed by atoms with Crippen molar-refractivity contribution in [1.82, 2.24) is 4.31 Å². The van der Waals surface area contributed by atoms with E-state index in [2.05, 4.69) is 6.58 Å².